The number of halogens is 4. The number of allylic oxidation sites excluding steroid dienone is 2. The number of fused-ring (bicyclic) bond motifs is 1. The molecule has 17 heteroatoms. The van der Waals surface area contributed by atoms with Crippen molar-refractivity contribution < 1.29 is 27.9 Å². The SMILES string of the molecule is CCc1c(N2CCN(C(=O)c3ncnc(C)c3O)CC2)c(=O)n2nc(C3=CCC4(CC3)CC4)nc2n1CC(=O)Nc1ccc(C(F)(F)F)cc1Cl. The number of rotatable bonds is 7. The molecule has 13 nitrogen and oxygen atoms in total. The van der Waals surface area contributed by atoms with Gasteiger partial charge >= 0.3 is 6.18 Å². The number of nitrogens with zero attached hydrogens (tertiary/aromatic N) is 8. The summed E-state index contributed by atoms with van der Waals surface area (Å²) in [4.78, 5) is 57.1. The lowest BCUT2D eigenvalue weighted by molar-refractivity contribution is -0.137. The number of benzene rings is 1. The summed E-state index contributed by atoms with van der Waals surface area (Å²) in [6.45, 7) is 4.01. The standard InChI is InChI=1S/C34H35ClF3N9O4/c1-3-24-27(44-12-14-45(15-13-44)30(50)26-28(49)19(2)39-18-40-26)31(51)47-32(42-29(43-47)20-6-8-33(9-7-20)10-11-33)46(24)17-25(48)41-23-5-4-21(16-22(23)35)34(36,37)38/h4-6,16,18,49H,3,7-15,17H2,1-2H3,(H,41,48). The Balaban J connectivity index is 1.23. The van der Waals surface area contributed by atoms with Gasteiger partial charge in [0.2, 0.25) is 11.7 Å². The number of hydrogen-bond acceptors (Lipinski definition) is 9. The molecular formula is C34H35ClF3N9O4. The monoisotopic (exact) mass is 725 g/mol. The number of hydrogen-bond donors (Lipinski definition) is 2. The van der Waals surface area contributed by atoms with Crippen LogP contribution in [0.1, 0.15) is 72.3 Å². The van der Waals surface area contributed by atoms with E-state index in [1.807, 2.05) is 11.8 Å². The summed E-state index contributed by atoms with van der Waals surface area (Å²) in [5, 5.41) is 17.4. The summed E-state index contributed by atoms with van der Waals surface area (Å²) >= 11 is 6.14. The lowest BCUT2D eigenvalue weighted by Gasteiger charge is -2.36. The number of nitrogens with one attached hydrogen (secondary N) is 1. The van der Waals surface area contributed by atoms with Crippen LogP contribution in [0.25, 0.3) is 11.4 Å². The van der Waals surface area contributed by atoms with Crippen molar-refractivity contribution in [1.29, 1.82) is 0 Å². The lowest BCUT2D eigenvalue weighted by atomic mass is 9.87. The summed E-state index contributed by atoms with van der Waals surface area (Å²) in [7, 11) is 0. The summed E-state index contributed by atoms with van der Waals surface area (Å²) in [6.07, 6.45) is 4.14. The molecule has 2 N–H and O–H groups in total. The largest absolute Gasteiger partial charge is 0.504 e. The van der Waals surface area contributed by atoms with Crippen molar-refractivity contribution in [3.63, 3.8) is 0 Å². The zero-order chi connectivity index (χ0) is 36.2. The average molecular weight is 726 g/mol. The van der Waals surface area contributed by atoms with Crippen LogP contribution < -0.4 is 15.8 Å². The summed E-state index contributed by atoms with van der Waals surface area (Å²) in [5.74, 6) is -0.799. The fourth-order valence-electron chi connectivity index (χ4n) is 6.88. The zero-order valence-electron chi connectivity index (χ0n) is 27.9. The van der Waals surface area contributed by atoms with Crippen molar-refractivity contribution in [2.45, 2.75) is 65.1 Å². The van der Waals surface area contributed by atoms with Gasteiger partial charge in [-0.2, -0.15) is 22.7 Å². The third-order valence-corrected chi connectivity index (χ3v) is 10.4. The molecule has 0 bridgehead atoms. The molecule has 268 valence electrons. The highest BCUT2D eigenvalue weighted by Gasteiger charge is 2.43. The highest BCUT2D eigenvalue weighted by molar-refractivity contribution is 6.33. The van der Waals surface area contributed by atoms with E-state index in [2.05, 4.69) is 26.5 Å². The second-order valence-corrected chi connectivity index (χ2v) is 13.7. The Morgan fingerprint density at radius 3 is 2.47 bits per heavy atom. The first-order valence-electron chi connectivity index (χ1n) is 16.7. The highest BCUT2D eigenvalue weighted by atomic mass is 35.5. The van der Waals surface area contributed by atoms with Gasteiger partial charge in [0.25, 0.3) is 11.5 Å². The number of anilines is 2. The van der Waals surface area contributed by atoms with E-state index >= 15 is 0 Å². The van der Waals surface area contributed by atoms with Gasteiger partial charge in [-0.1, -0.05) is 24.6 Å². The molecule has 7 rings (SSSR count). The van der Waals surface area contributed by atoms with Crippen molar-refractivity contribution in [2.75, 3.05) is 36.4 Å². The lowest BCUT2D eigenvalue weighted by Crippen LogP contribution is -2.51. The van der Waals surface area contributed by atoms with Crippen molar-refractivity contribution in [3.05, 3.63) is 74.4 Å². The van der Waals surface area contributed by atoms with Gasteiger partial charge in [-0.3, -0.25) is 14.4 Å². The Bertz CT molecular complexity index is 2150. The van der Waals surface area contributed by atoms with Gasteiger partial charge < -0.3 is 24.8 Å². The number of aromatic hydroxyl groups is 1. The number of aromatic nitrogens is 6. The van der Waals surface area contributed by atoms with Gasteiger partial charge in [0.15, 0.2) is 17.3 Å². The van der Waals surface area contributed by atoms with Crippen molar-refractivity contribution in [1.82, 2.24) is 34.0 Å². The maximum absolute atomic E-state index is 14.3. The predicted octanol–water partition coefficient (Wildman–Crippen LogP) is 4.88. The predicted molar refractivity (Wildman–Crippen MR) is 182 cm³/mol. The van der Waals surface area contributed by atoms with Gasteiger partial charge in [0, 0.05) is 26.2 Å². The van der Waals surface area contributed by atoms with Gasteiger partial charge in [0.05, 0.1) is 27.7 Å². The minimum atomic E-state index is -4.60. The van der Waals surface area contributed by atoms with Crippen LogP contribution in [0, 0.1) is 12.3 Å². The third kappa shape index (κ3) is 6.52. The number of carbonyl (C=O) groups is 2. The maximum atomic E-state index is 14.3. The Labute approximate surface area is 294 Å². The molecule has 0 atom stereocenters. The third-order valence-electron chi connectivity index (χ3n) is 10.1. The van der Waals surface area contributed by atoms with Crippen LogP contribution in [-0.2, 0) is 23.9 Å². The van der Waals surface area contributed by atoms with Gasteiger partial charge in [-0.15, -0.1) is 5.10 Å². The van der Waals surface area contributed by atoms with Crippen LogP contribution in [0.15, 0.2) is 35.4 Å². The molecule has 3 aliphatic rings. The Hall–Kier alpha value is -4.99. The zero-order valence-corrected chi connectivity index (χ0v) is 28.7. The molecule has 0 radical (unpaired) electrons. The molecule has 2 fully saturated rings. The number of carbonyl (C=O) groups excluding carboxylic acids is 2. The molecule has 1 saturated carbocycles. The number of amides is 2. The van der Waals surface area contributed by atoms with E-state index in [-0.39, 0.29) is 66.3 Å². The second-order valence-electron chi connectivity index (χ2n) is 13.3. The minimum absolute atomic E-state index is 0.000710. The molecule has 1 spiro atoms. The van der Waals surface area contributed by atoms with E-state index in [9.17, 15) is 32.7 Å². The Kier molecular flexibility index (Phi) is 8.76. The van der Waals surface area contributed by atoms with Crippen molar-refractivity contribution in [3.8, 4) is 5.75 Å². The minimum Gasteiger partial charge on any atom is -0.504 e. The molecule has 3 aromatic heterocycles. The quantitative estimate of drug-likeness (QED) is 0.272. The molecule has 1 aromatic carbocycles. The van der Waals surface area contributed by atoms with E-state index in [1.54, 1.807) is 11.5 Å². The first-order chi connectivity index (χ1) is 24.3. The van der Waals surface area contributed by atoms with E-state index in [0.29, 0.717) is 29.0 Å². The molecule has 4 heterocycles. The van der Waals surface area contributed by atoms with Crippen LogP contribution in [0.2, 0.25) is 5.02 Å². The summed E-state index contributed by atoms with van der Waals surface area (Å²) in [5.41, 5.74) is 0.884. The topological polar surface area (TPSA) is 151 Å². The van der Waals surface area contributed by atoms with Crippen LogP contribution in [0.5, 0.6) is 5.75 Å². The van der Waals surface area contributed by atoms with Crippen molar-refractivity contribution >= 4 is 46.1 Å². The van der Waals surface area contributed by atoms with Crippen LogP contribution >= 0.6 is 11.6 Å². The van der Waals surface area contributed by atoms with Crippen LogP contribution in [0.4, 0.5) is 24.5 Å². The van der Waals surface area contributed by atoms with Crippen molar-refractivity contribution in [2.24, 2.45) is 5.41 Å². The molecule has 0 unspecified atom stereocenters. The fraction of sp³-hybridized carbons (Fsp3) is 0.441. The molecule has 2 aliphatic carbocycles. The number of aryl methyl sites for hydroxylation is 1. The molecule has 1 saturated heterocycles. The van der Waals surface area contributed by atoms with E-state index < -0.39 is 29.1 Å². The fourth-order valence-corrected chi connectivity index (χ4v) is 7.10. The summed E-state index contributed by atoms with van der Waals surface area (Å²) in [6, 6.07) is 2.67. The number of alkyl halides is 3. The van der Waals surface area contributed by atoms with E-state index in [0.717, 1.165) is 43.0 Å². The first kappa shape index (κ1) is 34.5. The van der Waals surface area contributed by atoms with Gasteiger partial charge in [0.1, 0.15) is 18.6 Å². The molecule has 1 aliphatic heterocycles. The summed E-state index contributed by atoms with van der Waals surface area (Å²) < 4.78 is 42.5. The smallest absolute Gasteiger partial charge is 0.416 e. The van der Waals surface area contributed by atoms with E-state index in [1.165, 1.54) is 28.6 Å². The van der Waals surface area contributed by atoms with Gasteiger partial charge in [-0.05, 0) is 74.6 Å². The average Bonchev–Trinajstić information content (AvgIpc) is 3.70. The second kappa shape index (κ2) is 13.0. The van der Waals surface area contributed by atoms with Crippen LogP contribution in [0.3, 0.4) is 0 Å². The molecule has 4 aromatic rings. The molecule has 51 heavy (non-hydrogen) atoms. The normalized spacial score (nSPS) is 17.2. The van der Waals surface area contributed by atoms with Gasteiger partial charge in [-0.25, -0.2) is 9.97 Å². The maximum Gasteiger partial charge on any atom is 0.416 e. The first-order valence-corrected chi connectivity index (χ1v) is 17.1. The van der Waals surface area contributed by atoms with E-state index in [4.69, 9.17) is 16.6 Å². The number of piperazine rings is 1. The molecular weight excluding hydrogens is 691 g/mol. The Morgan fingerprint density at radius 2 is 1.84 bits per heavy atom. The van der Waals surface area contributed by atoms with Crippen LogP contribution in [-0.4, -0.2) is 77.1 Å². The molecule has 2 amide bonds. The highest BCUT2D eigenvalue weighted by Crippen LogP contribution is 2.56. The Morgan fingerprint density at radius 1 is 1.10 bits per heavy atom.